The molecular formula is C27H21N3O9S. The van der Waals surface area contributed by atoms with Crippen LogP contribution in [-0.2, 0) is 38.4 Å². The van der Waals surface area contributed by atoms with E-state index in [-0.39, 0.29) is 46.5 Å². The summed E-state index contributed by atoms with van der Waals surface area (Å²) in [4.78, 5) is 41.5. The van der Waals surface area contributed by atoms with Crippen LogP contribution < -0.4 is 9.74 Å². The third-order valence-corrected chi connectivity index (χ3v) is 8.57. The number of carbonyl (C=O) groups is 1. The molecule has 2 aromatic carbocycles. The van der Waals surface area contributed by atoms with Gasteiger partial charge < -0.3 is 18.6 Å². The van der Waals surface area contributed by atoms with Gasteiger partial charge in [0.1, 0.15) is 11.5 Å². The van der Waals surface area contributed by atoms with Crippen LogP contribution in [-0.4, -0.2) is 34.0 Å². The maximum atomic E-state index is 13.4. The molecule has 2 aromatic heterocycles. The molecule has 1 unspecified atom stereocenters. The zero-order valence-electron chi connectivity index (χ0n) is 21.2. The third-order valence-electron chi connectivity index (χ3n) is 7.32. The molecule has 1 N–H and O–H groups in total. The van der Waals surface area contributed by atoms with E-state index in [1.807, 2.05) is 0 Å². The quantitative estimate of drug-likeness (QED) is 0.145. The summed E-state index contributed by atoms with van der Waals surface area (Å²) in [6.45, 7) is 3.11. The van der Waals surface area contributed by atoms with E-state index in [1.165, 1.54) is 34.9 Å². The van der Waals surface area contributed by atoms with Crippen molar-refractivity contribution in [1.82, 2.24) is 9.55 Å². The third kappa shape index (κ3) is 3.69. The van der Waals surface area contributed by atoms with Crippen molar-refractivity contribution in [3.63, 3.8) is 0 Å². The van der Waals surface area contributed by atoms with Gasteiger partial charge in [0.25, 0.3) is 5.56 Å². The van der Waals surface area contributed by atoms with E-state index in [2.05, 4.69) is 4.98 Å². The first-order chi connectivity index (χ1) is 18.9. The number of carbonyl (C=O) groups excluding carboxylic acids is 1. The van der Waals surface area contributed by atoms with Gasteiger partial charge in [-0.25, -0.2) is 9.78 Å². The average molecular weight is 564 g/mol. The second-order valence-corrected chi connectivity index (χ2v) is 11.2. The molecule has 0 radical (unpaired) electrons. The number of cyclic esters (lactones) is 1. The Bertz CT molecular complexity index is 1950. The molecule has 0 spiro atoms. The Morgan fingerprint density at radius 3 is 2.58 bits per heavy atom. The zero-order chi connectivity index (χ0) is 28.6. The summed E-state index contributed by atoms with van der Waals surface area (Å²) in [7, 11) is -4.38. The van der Waals surface area contributed by atoms with Crippen LogP contribution in [0.2, 0.25) is 0 Å². The lowest BCUT2D eigenvalue weighted by molar-refractivity contribution is -0.383. The van der Waals surface area contributed by atoms with Crippen molar-refractivity contribution in [2.75, 3.05) is 0 Å². The van der Waals surface area contributed by atoms with Gasteiger partial charge in [-0.1, -0.05) is 24.6 Å². The lowest BCUT2D eigenvalue weighted by atomic mass is 9.86. The topological polar surface area (TPSA) is 168 Å². The minimum absolute atomic E-state index is 0.0137. The van der Waals surface area contributed by atoms with Crippen molar-refractivity contribution in [2.24, 2.45) is 0 Å². The van der Waals surface area contributed by atoms with E-state index >= 15 is 0 Å². The number of hydrogen-bond acceptors (Lipinski definition) is 10. The highest BCUT2D eigenvalue weighted by Gasteiger charge is 2.45. The van der Waals surface area contributed by atoms with Crippen molar-refractivity contribution >= 4 is 32.7 Å². The van der Waals surface area contributed by atoms with E-state index in [4.69, 9.17) is 8.92 Å². The van der Waals surface area contributed by atoms with Gasteiger partial charge in [0.2, 0.25) is 5.75 Å². The fourth-order valence-corrected chi connectivity index (χ4v) is 6.08. The van der Waals surface area contributed by atoms with Gasteiger partial charge in [-0.15, -0.1) is 0 Å². The Hall–Kier alpha value is -4.62. The molecule has 12 nitrogen and oxygen atoms in total. The summed E-state index contributed by atoms with van der Waals surface area (Å²) >= 11 is 0. The van der Waals surface area contributed by atoms with E-state index in [9.17, 15) is 33.2 Å². The molecule has 2 aliphatic heterocycles. The zero-order valence-corrected chi connectivity index (χ0v) is 22.0. The molecular weight excluding hydrogens is 542 g/mol. The van der Waals surface area contributed by atoms with Gasteiger partial charge in [0.05, 0.1) is 39.3 Å². The van der Waals surface area contributed by atoms with E-state index in [0.717, 1.165) is 11.6 Å². The molecule has 1 atom stereocenters. The largest absolute Gasteiger partial charge is 0.458 e. The minimum Gasteiger partial charge on any atom is -0.458 e. The number of fused-ring (bicyclic) bond motifs is 5. The molecule has 40 heavy (non-hydrogen) atoms. The van der Waals surface area contributed by atoms with E-state index in [1.54, 1.807) is 26.0 Å². The lowest BCUT2D eigenvalue weighted by Crippen LogP contribution is -2.44. The van der Waals surface area contributed by atoms with Gasteiger partial charge in [0.15, 0.2) is 5.60 Å². The Labute approximate surface area is 226 Å². The van der Waals surface area contributed by atoms with Gasteiger partial charge in [-0.05, 0) is 49.7 Å². The summed E-state index contributed by atoms with van der Waals surface area (Å²) in [5.74, 6) is -1.33. The predicted octanol–water partition coefficient (Wildman–Crippen LogP) is 3.06. The number of benzene rings is 2. The number of esters is 1. The second kappa shape index (κ2) is 8.69. The first kappa shape index (κ1) is 25.6. The van der Waals surface area contributed by atoms with Crippen LogP contribution in [0.3, 0.4) is 0 Å². The Morgan fingerprint density at radius 1 is 1.18 bits per heavy atom. The summed E-state index contributed by atoms with van der Waals surface area (Å²) in [6.07, 6.45) is -0.0137. The number of aryl methyl sites for hydroxylation is 1. The highest BCUT2D eigenvalue weighted by molar-refractivity contribution is 7.87. The molecule has 6 rings (SSSR count). The summed E-state index contributed by atoms with van der Waals surface area (Å²) in [6, 6.07) is 11.4. The maximum absolute atomic E-state index is 13.4. The van der Waals surface area contributed by atoms with Gasteiger partial charge in [-0.3, -0.25) is 14.9 Å². The Morgan fingerprint density at radius 2 is 1.90 bits per heavy atom. The molecule has 0 saturated carbocycles. The molecule has 0 saturated heterocycles. The molecule has 204 valence electrons. The molecule has 4 heterocycles. The number of hydrogen-bond donors (Lipinski definition) is 1. The Balaban J connectivity index is 1.50. The van der Waals surface area contributed by atoms with Crippen LogP contribution in [0.4, 0.5) is 5.69 Å². The van der Waals surface area contributed by atoms with Crippen molar-refractivity contribution in [1.29, 1.82) is 0 Å². The van der Waals surface area contributed by atoms with Crippen LogP contribution in [0.25, 0.3) is 22.3 Å². The highest BCUT2D eigenvalue weighted by Crippen LogP contribution is 2.42. The number of aromatic nitrogens is 2. The molecule has 0 bridgehead atoms. The van der Waals surface area contributed by atoms with Gasteiger partial charge >= 0.3 is 21.8 Å². The van der Waals surface area contributed by atoms with Crippen LogP contribution in [0.1, 0.15) is 35.6 Å². The van der Waals surface area contributed by atoms with E-state index in [0.29, 0.717) is 17.0 Å². The molecule has 2 aliphatic rings. The first-order valence-electron chi connectivity index (χ1n) is 12.2. The molecule has 0 amide bonds. The highest BCUT2D eigenvalue weighted by atomic mass is 32.2. The second-order valence-electron chi connectivity index (χ2n) is 9.69. The monoisotopic (exact) mass is 563 g/mol. The fourth-order valence-electron chi connectivity index (χ4n) is 5.14. The SMILES string of the molecule is CCC1(O)C(=O)OCc2c1cc1n(c2=O)Cc2cc3c([N+](=O)[O-])c(OS(=O)(=O)c4ccc(C)cc4)ccc3nc2-1. The average Bonchev–Trinajstić information content (AvgIpc) is 3.27. The number of rotatable bonds is 5. The molecule has 13 heteroatoms. The Kier molecular flexibility index (Phi) is 5.57. The lowest BCUT2D eigenvalue weighted by Gasteiger charge is -2.31. The van der Waals surface area contributed by atoms with Crippen molar-refractivity contribution < 1.29 is 32.2 Å². The fraction of sp³-hybridized carbons (Fsp3) is 0.222. The minimum atomic E-state index is -4.38. The standard InChI is InChI=1S/C27H21N3O9S/c1-3-27(33)19-11-21-23-15(12-29(21)25(31)18(19)13-38-26(27)32)10-17-20(28-23)8-9-22(24(17)30(34)35)39-40(36,37)16-6-4-14(2)5-7-16/h4-11,33H,3,12-13H2,1-2H3. The summed E-state index contributed by atoms with van der Waals surface area (Å²) < 4.78 is 37.4. The number of ether oxygens (including phenoxy) is 1. The molecule has 4 aromatic rings. The van der Waals surface area contributed by atoms with Crippen molar-refractivity contribution in [2.45, 2.75) is 43.9 Å². The number of nitro benzene ring substituents is 1. The van der Waals surface area contributed by atoms with Crippen LogP contribution >= 0.6 is 0 Å². The van der Waals surface area contributed by atoms with Gasteiger partial charge in [-0.2, -0.15) is 8.42 Å². The van der Waals surface area contributed by atoms with Crippen LogP contribution in [0, 0.1) is 17.0 Å². The predicted molar refractivity (Wildman–Crippen MR) is 140 cm³/mol. The normalized spacial score (nSPS) is 17.6. The van der Waals surface area contributed by atoms with Crippen molar-refractivity contribution in [3.8, 4) is 17.1 Å². The number of aliphatic hydroxyl groups is 1. The molecule has 0 fully saturated rings. The number of pyridine rings is 2. The molecule has 0 aliphatic carbocycles. The van der Waals surface area contributed by atoms with Crippen LogP contribution in [0.5, 0.6) is 5.75 Å². The number of nitro groups is 1. The van der Waals surface area contributed by atoms with Crippen LogP contribution in [0.15, 0.2) is 58.2 Å². The van der Waals surface area contributed by atoms with Crippen molar-refractivity contribution in [3.05, 3.63) is 91.3 Å². The summed E-state index contributed by atoms with van der Waals surface area (Å²) in [5, 5.41) is 23.2. The number of nitrogens with zero attached hydrogens (tertiary/aromatic N) is 3. The van der Waals surface area contributed by atoms with Gasteiger partial charge in [0, 0.05) is 11.1 Å². The maximum Gasteiger partial charge on any atom is 0.343 e. The summed E-state index contributed by atoms with van der Waals surface area (Å²) in [5.41, 5.74) is -0.628. The van der Waals surface area contributed by atoms with E-state index < -0.39 is 43.6 Å². The smallest absolute Gasteiger partial charge is 0.343 e. The first-order valence-corrected chi connectivity index (χ1v) is 13.6.